The van der Waals surface area contributed by atoms with Crippen LogP contribution in [-0.2, 0) is 21.8 Å². The van der Waals surface area contributed by atoms with E-state index in [4.69, 9.17) is 5.11 Å². The van der Waals surface area contributed by atoms with E-state index in [9.17, 15) is 22.2 Å². The van der Waals surface area contributed by atoms with Crippen molar-refractivity contribution in [2.75, 3.05) is 5.75 Å². The predicted molar refractivity (Wildman–Crippen MR) is 50.4 cm³/mol. The molecule has 3 nitrogen and oxygen atoms in total. The van der Waals surface area contributed by atoms with E-state index < -0.39 is 34.3 Å². The lowest BCUT2D eigenvalue weighted by Gasteiger charge is -2.07. The van der Waals surface area contributed by atoms with Crippen LogP contribution in [0.2, 0.25) is 0 Å². The first kappa shape index (κ1) is 12.7. The van der Waals surface area contributed by atoms with Gasteiger partial charge in [0, 0.05) is 4.90 Å². The van der Waals surface area contributed by atoms with Crippen molar-refractivity contribution in [1.29, 1.82) is 0 Å². The molecule has 0 aliphatic carbocycles. The van der Waals surface area contributed by atoms with Crippen LogP contribution in [-0.4, -0.2) is 21.0 Å². The van der Waals surface area contributed by atoms with Crippen molar-refractivity contribution in [3.63, 3.8) is 0 Å². The van der Waals surface area contributed by atoms with Crippen molar-refractivity contribution in [1.82, 2.24) is 0 Å². The summed E-state index contributed by atoms with van der Waals surface area (Å²) in [6.07, 6.45) is -4.52. The quantitative estimate of drug-likeness (QED) is 0.893. The Morgan fingerprint density at radius 3 is 2.50 bits per heavy atom. The topological polar surface area (TPSA) is 54.4 Å². The Kier molecular flexibility index (Phi) is 3.69. The first-order chi connectivity index (χ1) is 7.30. The van der Waals surface area contributed by atoms with Gasteiger partial charge >= 0.3 is 12.1 Å². The standard InChI is InChI=1S/C9H7F3O3S/c10-9(11,12)6-2-1-3-7(4-6)16(15)5-8(13)14/h1-4H,5H2,(H,13,14). The fraction of sp³-hybridized carbons (Fsp3) is 0.222. The van der Waals surface area contributed by atoms with Gasteiger partial charge in [0.15, 0.2) is 0 Å². The van der Waals surface area contributed by atoms with Gasteiger partial charge in [0.2, 0.25) is 0 Å². The number of hydrogen-bond donors (Lipinski definition) is 1. The second-order valence-corrected chi connectivity index (χ2v) is 4.36. The number of hydrogen-bond acceptors (Lipinski definition) is 2. The van der Waals surface area contributed by atoms with Crippen molar-refractivity contribution < 1.29 is 27.3 Å². The van der Waals surface area contributed by atoms with Gasteiger partial charge in [-0.2, -0.15) is 13.2 Å². The number of carboxylic acids is 1. The van der Waals surface area contributed by atoms with E-state index in [1.165, 1.54) is 6.07 Å². The van der Waals surface area contributed by atoms with E-state index in [2.05, 4.69) is 0 Å². The number of rotatable bonds is 3. The molecular formula is C9H7F3O3S. The molecule has 1 atom stereocenters. The summed E-state index contributed by atoms with van der Waals surface area (Å²) in [5.74, 6) is -2.03. The zero-order valence-electron chi connectivity index (χ0n) is 7.82. The minimum Gasteiger partial charge on any atom is -0.481 e. The number of halogens is 3. The molecule has 0 aliphatic rings. The average Bonchev–Trinajstić information content (AvgIpc) is 2.15. The smallest absolute Gasteiger partial charge is 0.416 e. The van der Waals surface area contributed by atoms with Crippen molar-refractivity contribution >= 4 is 16.8 Å². The van der Waals surface area contributed by atoms with E-state index in [0.29, 0.717) is 6.07 Å². The first-order valence-electron chi connectivity index (χ1n) is 4.08. The van der Waals surface area contributed by atoms with Crippen molar-refractivity contribution in [3.8, 4) is 0 Å². The van der Waals surface area contributed by atoms with Crippen molar-refractivity contribution in [2.24, 2.45) is 0 Å². The molecule has 88 valence electrons. The van der Waals surface area contributed by atoms with Crippen LogP contribution in [0.3, 0.4) is 0 Å². The monoisotopic (exact) mass is 252 g/mol. The molecule has 1 N–H and O–H groups in total. The maximum Gasteiger partial charge on any atom is 0.416 e. The summed E-state index contributed by atoms with van der Waals surface area (Å²) in [4.78, 5) is 10.1. The zero-order valence-corrected chi connectivity index (χ0v) is 8.64. The van der Waals surface area contributed by atoms with Crippen molar-refractivity contribution in [2.45, 2.75) is 11.1 Å². The molecule has 7 heteroatoms. The van der Waals surface area contributed by atoms with Crippen LogP contribution in [0.25, 0.3) is 0 Å². The Balaban J connectivity index is 2.99. The Labute approximate surface area is 91.4 Å². The van der Waals surface area contributed by atoms with Crippen LogP contribution in [0.1, 0.15) is 5.56 Å². The lowest BCUT2D eigenvalue weighted by atomic mass is 10.2. The van der Waals surface area contributed by atoms with Crippen LogP contribution in [0.15, 0.2) is 29.2 Å². The highest BCUT2D eigenvalue weighted by Gasteiger charge is 2.30. The highest BCUT2D eigenvalue weighted by molar-refractivity contribution is 7.85. The molecule has 0 radical (unpaired) electrons. The predicted octanol–water partition coefficient (Wildman–Crippen LogP) is 1.90. The molecule has 0 heterocycles. The number of aliphatic carboxylic acids is 1. The molecule has 1 aromatic carbocycles. The third kappa shape index (κ3) is 3.34. The van der Waals surface area contributed by atoms with Gasteiger partial charge in [0.05, 0.1) is 16.4 Å². The maximum atomic E-state index is 12.3. The van der Waals surface area contributed by atoms with Gasteiger partial charge in [-0.3, -0.25) is 9.00 Å². The van der Waals surface area contributed by atoms with Gasteiger partial charge in [0.25, 0.3) is 0 Å². The molecule has 0 saturated carbocycles. The molecule has 0 aromatic heterocycles. The Hall–Kier alpha value is -1.37. The number of carboxylic acid groups (broad SMARTS) is 1. The van der Waals surface area contributed by atoms with Gasteiger partial charge in [0.1, 0.15) is 5.75 Å². The van der Waals surface area contributed by atoms with Crippen molar-refractivity contribution in [3.05, 3.63) is 29.8 Å². The molecule has 0 amide bonds. The zero-order chi connectivity index (χ0) is 12.3. The normalized spacial score (nSPS) is 13.4. The van der Waals surface area contributed by atoms with Crippen LogP contribution >= 0.6 is 0 Å². The highest BCUT2D eigenvalue weighted by Crippen LogP contribution is 2.30. The lowest BCUT2D eigenvalue weighted by Crippen LogP contribution is -2.11. The molecule has 0 spiro atoms. The molecule has 0 fully saturated rings. The number of carbonyl (C=O) groups is 1. The number of benzene rings is 1. The second-order valence-electron chi connectivity index (χ2n) is 2.91. The molecule has 0 aliphatic heterocycles. The summed E-state index contributed by atoms with van der Waals surface area (Å²) in [5, 5.41) is 8.36. The van der Waals surface area contributed by atoms with Gasteiger partial charge in [-0.25, -0.2) is 0 Å². The summed E-state index contributed by atoms with van der Waals surface area (Å²) in [5.41, 5.74) is -0.941. The van der Waals surface area contributed by atoms with E-state index in [1.807, 2.05) is 0 Å². The second kappa shape index (κ2) is 4.65. The van der Waals surface area contributed by atoms with Gasteiger partial charge < -0.3 is 5.11 Å². The fourth-order valence-corrected chi connectivity index (χ4v) is 1.89. The molecule has 0 saturated heterocycles. The van der Waals surface area contributed by atoms with Gasteiger partial charge in [-0.05, 0) is 18.2 Å². The average molecular weight is 252 g/mol. The fourth-order valence-electron chi connectivity index (χ4n) is 1.01. The summed E-state index contributed by atoms with van der Waals surface area (Å²) in [6.45, 7) is 0. The molecule has 16 heavy (non-hydrogen) atoms. The molecule has 1 aromatic rings. The summed E-state index contributed by atoms with van der Waals surface area (Å²) in [6, 6.07) is 3.83. The summed E-state index contributed by atoms with van der Waals surface area (Å²) in [7, 11) is -1.96. The highest BCUT2D eigenvalue weighted by atomic mass is 32.2. The Morgan fingerprint density at radius 2 is 2.00 bits per heavy atom. The number of alkyl halides is 3. The van der Waals surface area contributed by atoms with E-state index >= 15 is 0 Å². The largest absolute Gasteiger partial charge is 0.481 e. The third-order valence-corrected chi connectivity index (χ3v) is 2.97. The molecule has 1 unspecified atom stereocenters. The van der Waals surface area contributed by atoms with E-state index in [1.54, 1.807) is 0 Å². The molecule has 0 bridgehead atoms. The lowest BCUT2D eigenvalue weighted by molar-refractivity contribution is -0.137. The molecule has 1 rings (SSSR count). The SMILES string of the molecule is O=C(O)CS(=O)c1cccc(C(F)(F)F)c1. The molecular weight excluding hydrogens is 245 g/mol. The van der Waals surface area contributed by atoms with E-state index in [-0.39, 0.29) is 4.90 Å². The summed E-state index contributed by atoms with van der Waals surface area (Å²) < 4.78 is 48.1. The third-order valence-electron chi connectivity index (χ3n) is 1.68. The first-order valence-corrected chi connectivity index (χ1v) is 5.40. The minimum atomic E-state index is -4.52. The van der Waals surface area contributed by atoms with E-state index in [0.717, 1.165) is 12.1 Å². The van der Waals surface area contributed by atoms with Crippen LogP contribution < -0.4 is 0 Å². The van der Waals surface area contributed by atoms with Gasteiger partial charge in [-0.1, -0.05) is 6.07 Å². The Morgan fingerprint density at radius 1 is 1.38 bits per heavy atom. The van der Waals surface area contributed by atoms with Gasteiger partial charge in [-0.15, -0.1) is 0 Å². The van der Waals surface area contributed by atoms with Crippen LogP contribution in [0.4, 0.5) is 13.2 Å². The van der Waals surface area contributed by atoms with Crippen LogP contribution in [0.5, 0.6) is 0 Å². The maximum absolute atomic E-state index is 12.3. The summed E-state index contributed by atoms with van der Waals surface area (Å²) >= 11 is 0. The Bertz CT molecular complexity index is 428. The minimum absolute atomic E-state index is 0.141. The van der Waals surface area contributed by atoms with Crippen LogP contribution in [0, 0.1) is 0 Å².